The van der Waals surface area contributed by atoms with E-state index in [0.29, 0.717) is 0 Å². The molecule has 15 aromatic rings. The first-order valence-corrected chi connectivity index (χ1v) is 27.3. The van der Waals surface area contributed by atoms with Gasteiger partial charge >= 0.3 is 0 Å². The molecular weight excluding hydrogens is 969 g/mol. The fraction of sp³-hybridized carbons (Fsp3) is 0. The minimum atomic E-state index is 0.912. The van der Waals surface area contributed by atoms with Gasteiger partial charge in [0.15, 0.2) is 0 Å². The Hall–Kier alpha value is -10.7. The Kier molecular flexibility index (Phi) is 11.5. The van der Waals surface area contributed by atoms with Gasteiger partial charge in [0.25, 0.3) is 0 Å². The molecule has 0 atom stereocenters. The fourth-order valence-electron chi connectivity index (χ4n) is 12.0. The van der Waals surface area contributed by atoms with E-state index in [-0.39, 0.29) is 0 Å². The summed E-state index contributed by atoms with van der Waals surface area (Å²) >= 11 is 0. The van der Waals surface area contributed by atoms with Crippen LogP contribution in [0.1, 0.15) is 0 Å². The van der Waals surface area contributed by atoms with E-state index in [1.165, 1.54) is 66.1 Å². The highest BCUT2D eigenvalue weighted by Gasteiger charge is 2.23. The van der Waals surface area contributed by atoms with Crippen molar-refractivity contribution in [2.24, 2.45) is 0 Å². The Bertz CT molecular complexity index is 4460. The van der Waals surface area contributed by atoms with Gasteiger partial charge in [-0.05, 0) is 149 Å². The SMILES string of the molecule is c1ccc(-c2ccccc2-c2c3ccc(-c4ccc(-c5nc6ccccc6n5-c5ccccc5)cc4)cc3c(-c3ccccc3-c3ccccc3)c3ccc(-c4ccc(-c5nc6ccccc6n5-c5ccccc5)cc4)cc23)cc1. The minimum Gasteiger partial charge on any atom is -0.292 e. The normalized spacial score (nSPS) is 11.5. The Labute approximate surface area is 464 Å². The number of nitrogens with zero attached hydrogens (tertiary/aromatic N) is 4. The van der Waals surface area contributed by atoms with Gasteiger partial charge in [-0.2, -0.15) is 0 Å². The first-order chi connectivity index (χ1) is 39.7. The van der Waals surface area contributed by atoms with E-state index < -0.39 is 0 Å². The summed E-state index contributed by atoms with van der Waals surface area (Å²) in [5.41, 5.74) is 22.4. The number of hydrogen-bond donors (Lipinski definition) is 0. The number of imidazole rings is 2. The first-order valence-electron chi connectivity index (χ1n) is 27.3. The van der Waals surface area contributed by atoms with E-state index >= 15 is 0 Å². The number of fused-ring (bicyclic) bond motifs is 4. The van der Waals surface area contributed by atoms with Crippen LogP contribution in [0.5, 0.6) is 0 Å². The highest BCUT2D eigenvalue weighted by molar-refractivity contribution is 6.24. The second-order valence-corrected chi connectivity index (χ2v) is 20.4. The van der Waals surface area contributed by atoms with Crippen LogP contribution in [0.3, 0.4) is 0 Å². The van der Waals surface area contributed by atoms with Gasteiger partial charge in [-0.15, -0.1) is 0 Å². The zero-order chi connectivity index (χ0) is 52.9. The van der Waals surface area contributed by atoms with Crippen molar-refractivity contribution < 1.29 is 0 Å². The van der Waals surface area contributed by atoms with Crippen molar-refractivity contribution in [1.82, 2.24) is 19.1 Å². The van der Waals surface area contributed by atoms with Gasteiger partial charge in [-0.3, -0.25) is 9.13 Å². The zero-order valence-electron chi connectivity index (χ0n) is 43.7. The summed E-state index contributed by atoms with van der Waals surface area (Å²) in [6.07, 6.45) is 0. The third-order valence-corrected chi connectivity index (χ3v) is 15.8. The molecule has 0 spiro atoms. The Balaban J connectivity index is 0.947. The molecule has 374 valence electrons. The summed E-state index contributed by atoms with van der Waals surface area (Å²) < 4.78 is 4.53. The Morgan fingerprint density at radius 3 is 0.925 bits per heavy atom. The third-order valence-electron chi connectivity index (χ3n) is 15.8. The van der Waals surface area contributed by atoms with Gasteiger partial charge in [-0.25, -0.2) is 9.97 Å². The average molecular weight is 1020 g/mol. The molecule has 4 nitrogen and oxygen atoms in total. The van der Waals surface area contributed by atoms with Crippen LogP contribution in [0, 0.1) is 0 Å². The molecule has 13 aromatic carbocycles. The van der Waals surface area contributed by atoms with Gasteiger partial charge in [0.05, 0.1) is 22.1 Å². The largest absolute Gasteiger partial charge is 0.292 e. The van der Waals surface area contributed by atoms with Gasteiger partial charge in [-0.1, -0.05) is 243 Å². The predicted molar refractivity (Wildman–Crippen MR) is 334 cm³/mol. The maximum absolute atomic E-state index is 5.20. The van der Waals surface area contributed by atoms with Crippen molar-refractivity contribution in [2.75, 3.05) is 0 Å². The Morgan fingerprint density at radius 1 is 0.212 bits per heavy atom. The fourth-order valence-corrected chi connectivity index (χ4v) is 12.0. The van der Waals surface area contributed by atoms with E-state index in [1.54, 1.807) is 0 Å². The molecule has 15 rings (SSSR count). The number of rotatable bonds is 10. The molecule has 0 bridgehead atoms. The van der Waals surface area contributed by atoms with E-state index in [1.807, 2.05) is 0 Å². The molecule has 0 aliphatic rings. The molecule has 0 amide bonds. The lowest BCUT2D eigenvalue weighted by Gasteiger charge is -2.22. The lowest BCUT2D eigenvalue weighted by Crippen LogP contribution is -1.97. The van der Waals surface area contributed by atoms with Gasteiger partial charge in [0.2, 0.25) is 0 Å². The molecule has 2 heterocycles. The molecule has 0 fully saturated rings. The molecule has 4 heteroatoms. The van der Waals surface area contributed by atoms with Crippen LogP contribution < -0.4 is 0 Å². The van der Waals surface area contributed by atoms with E-state index in [2.05, 4.69) is 312 Å². The smallest absolute Gasteiger partial charge is 0.145 e. The molecule has 0 radical (unpaired) electrons. The number of para-hydroxylation sites is 6. The molecule has 0 unspecified atom stereocenters. The van der Waals surface area contributed by atoms with Crippen molar-refractivity contribution in [3.05, 3.63) is 303 Å². The maximum Gasteiger partial charge on any atom is 0.145 e. The number of aromatic nitrogens is 4. The molecule has 0 saturated heterocycles. The topological polar surface area (TPSA) is 35.6 Å². The second-order valence-electron chi connectivity index (χ2n) is 20.4. The average Bonchev–Trinajstić information content (AvgIpc) is 4.21. The monoisotopic (exact) mass is 1020 g/mol. The van der Waals surface area contributed by atoms with Crippen LogP contribution in [-0.2, 0) is 0 Å². The molecule has 0 aliphatic carbocycles. The predicted octanol–water partition coefficient (Wildman–Crippen LogP) is 20.0. The standard InChI is InChI=1S/C76H50N4/c1-5-21-53(22-6-1)61-29-13-15-31-63(61)73-65-47-45-58(52-39-43-56(44-40-52)76-78-70-34-18-20-36-72(70)80(76)60-27-11-4-12-28-60)50-68(65)74(64-32-16-14-30-62(64)54-23-7-2-8-24-54)66-48-46-57(49-67(66)73)51-37-41-55(42-38-51)75-77-69-33-17-19-35-71(69)79(75)59-25-9-3-10-26-59/h1-50H. The van der Waals surface area contributed by atoms with Gasteiger partial charge < -0.3 is 0 Å². The summed E-state index contributed by atoms with van der Waals surface area (Å²) in [4.78, 5) is 10.4. The maximum atomic E-state index is 5.20. The molecule has 0 aliphatic heterocycles. The Morgan fingerprint density at radius 2 is 0.525 bits per heavy atom. The van der Waals surface area contributed by atoms with Crippen LogP contribution in [0.25, 0.3) is 145 Å². The molecule has 0 N–H and O–H groups in total. The van der Waals surface area contributed by atoms with Crippen molar-refractivity contribution in [3.63, 3.8) is 0 Å². The molecular formula is C76H50N4. The quantitative estimate of drug-likeness (QED) is 0.128. The van der Waals surface area contributed by atoms with Crippen LogP contribution in [0.2, 0.25) is 0 Å². The summed E-state index contributed by atoms with van der Waals surface area (Å²) in [5.74, 6) is 1.82. The van der Waals surface area contributed by atoms with Crippen molar-refractivity contribution in [3.8, 4) is 101 Å². The lowest BCUT2D eigenvalue weighted by atomic mass is 9.81. The van der Waals surface area contributed by atoms with E-state index in [4.69, 9.17) is 9.97 Å². The summed E-state index contributed by atoms with van der Waals surface area (Å²) in [7, 11) is 0. The molecule has 2 aromatic heterocycles. The summed E-state index contributed by atoms with van der Waals surface area (Å²) in [5, 5.41) is 4.74. The van der Waals surface area contributed by atoms with E-state index in [0.717, 1.165) is 78.5 Å². The summed E-state index contributed by atoms with van der Waals surface area (Å²) in [6.45, 7) is 0. The van der Waals surface area contributed by atoms with Gasteiger partial charge in [0, 0.05) is 22.5 Å². The zero-order valence-corrected chi connectivity index (χ0v) is 43.7. The second kappa shape index (κ2) is 19.7. The van der Waals surface area contributed by atoms with Crippen LogP contribution in [0.15, 0.2) is 303 Å². The minimum absolute atomic E-state index is 0.912. The van der Waals surface area contributed by atoms with Crippen molar-refractivity contribution >= 4 is 43.6 Å². The van der Waals surface area contributed by atoms with Crippen LogP contribution in [0.4, 0.5) is 0 Å². The highest BCUT2D eigenvalue weighted by atomic mass is 15.1. The number of benzene rings is 13. The van der Waals surface area contributed by atoms with Crippen molar-refractivity contribution in [2.45, 2.75) is 0 Å². The van der Waals surface area contributed by atoms with E-state index in [9.17, 15) is 0 Å². The third kappa shape index (κ3) is 8.09. The first kappa shape index (κ1) is 46.6. The van der Waals surface area contributed by atoms with Crippen LogP contribution >= 0.6 is 0 Å². The van der Waals surface area contributed by atoms with Gasteiger partial charge in [0.1, 0.15) is 11.6 Å². The van der Waals surface area contributed by atoms with Crippen molar-refractivity contribution in [1.29, 1.82) is 0 Å². The lowest BCUT2D eigenvalue weighted by molar-refractivity contribution is 1.10. The highest BCUT2D eigenvalue weighted by Crippen LogP contribution is 2.50. The van der Waals surface area contributed by atoms with Crippen LogP contribution in [-0.4, -0.2) is 19.1 Å². The molecule has 80 heavy (non-hydrogen) atoms. The number of hydrogen-bond acceptors (Lipinski definition) is 2. The summed E-state index contributed by atoms with van der Waals surface area (Å²) in [6, 6.07) is 109. The molecule has 0 saturated carbocycles.